The van der Waals surface area contributed by atoms with E-state index in [9.17, 15) is 22.4 Å². The molecule has 30 heavy (non-hydrogen) atoms. The molecule has 0 radical (unpaired) electrons. The predicted octanol–water partition coefficient (Wildman–Crippen LogP) is 4.43. The summed E-state index contributed by atoms with van der Waals surface area (Å²) >= 11 is 6.08. The zero-order valence-electron chi connectivity index (χ0n) is 16.0. The number of amides is 1. The summed E-state index contributed by atoms with van der Waals surface area (Å²) in [7, 11) is 0. The normalized spacial score (nSPS) is 19.4. The lowest BCUT2D eigenvalue weighted by Gasteiger charge is -2.43. The van der Waals surface area contributed by atoms with E-state index in [0.717, 1.165) is 11.8 Å². The van der Waals surface area contributed by atoms with Crippen LogP contribution in [0.25, 0.3) is 0 Å². The van der Waals surface area contributed by atoms with Crippen molar-refractivity contribution in [1.29, 1.82) is 0 Å². The number of alkyl halides is 3. The van der Waals surface area contributed by atoms with E-state index in [1.54, 1.807) is 12.1 Å². The van der Waals surface area contributed by atoms with Gasteiger partial charge in [-0.1, -0.05) is 17.7 Å². The second-order valence-corrected chi connectivity index (χ2v) is 8.05. The summed E-state index contributed by atoms with van der Waals surface area (Å²) in [4.78, 5) is 16.5. The van der Waals surface area contributed by atoms with Crippen LogP contribution in [-0.4, -0.2) is 36.1 Å². The first-order valence-corrected chi connectivity index (χ1v) is 9.97. The molecule has 0 unspecified atom stereocenters. The molecule has 1 spiro atoms. The molecule has 0 aromatic heterocycles. The maximum atomic E-state index is 13.4. The lowest BCUT2D eigenvalue weighted by atomic mass is 9.85. The van der Waals surface area contributed by atoms with Crippen LogP contribution in [0, 0.1) is 5.82 Å². The van der Waals surface area contributed by atoms with E-state index < -0.39 is 17.3 Å². The fraction of sp³-hybridized carbons (Fsp3) is 0.381. The highest BCUT2D eigenvalue weighted by Crippen LogP contribution is 2.39. The summed E-state index contributed by atoms with van der Waals surface area (Å²) < 4.78 is 53.4. The molecule has 2 aliphatic heterocycles. The molecule has 2 heterocycles. The van der Waals surface area contributed by atoms with Crippen LogP contribution in [0.4, 0.5) is 23.2 Å². The van der Waals surface area contributed by atoms with Crippen LogP contribution < -0.4 is 10.2 Å². The second-order valence-electron chi connectivity index (χ2n) is 7.64. The lowest BCUT2D eigenvalue weighted by molar-refractivity contribution is -0.138. The van der Waals surface area contributed by atoms with Crippen molar-refractivity contribution in [3.63, 3.8) is 0 Å². The number of nitrogens with zero attached hydrogens (tertiary/aromatic N) is 2. The fourth-order valence-electron chi connectivity index (χ4n) is 4.34. The Hall–Kier alpha value is -2.32. The second kappa shape index (κ2) is 7.74. The van der Waals surface area contributed by atoms with Gasteiger partial charge in [-0.25, -0.2) is 4.39 Å². The topological polar surface area (TPSA) is 35.6 Å². The predicted molar refractivity (Wildman–Crippen MR) is 106 cm³/mol. The number of benzene rings is 2. The summed E-state index contributed by atoms with van der Waals surface area (Å²) in [6, 6.07) is 9.73. The first-order valence-electron chi connectivity index (χ1n) is 9.59. The Morgan fingerprint density at radius 2 is 1.73 bits per heavy atom. The van der Waals surface area contributed by atoms with Crippen LogP contribution in [0.15, 0.2) is 42.5 Å². The van der Waals surface area contributed by atoms with Crippen molar-refractivity contribution >= 4 is 23.2 Å². The Morgan fingerprint density at radius 3 is 2.37 bits per heavy atom. The van der Waals surface area contributed by atoms with Crippen LogP contribution >= 0.6 is 11.6 Å². The summed E-state index contributed by atoms with van der Waals surface area (Å²) in [6.45, 7) is 1.25. The van der Waals surface area contributed by atoms with E-state index in [4.69, 9.17) is 11.6 Å². The van der Waals surface area contributed by atoms with Gasteiger partial charge in [0.1, 0.15) is 11.4 Å². The number of carbonyl (C=O) groups excluding carboxylic acids is 1. The number of hydrogen-bond donors (Lipinski definition) is 1. The number of nitrogens with one attached hydrogen (secondary N) is 1. The van der Waals surface area contributed by atoms with Gasteiger partial charge in [0.2, 0.25) is 5.91 Å². The van der Waals surface area contributed by atoms with Crippen LogP contribution in [-0.2, 0) is 17.5 Å². The van der Waals surface area contributed by atoms with Gasteiger partial charge in [0.25, 0.3) is 0 Å². The largest absolute Gasteiger partial charge is 0.416 e. The molecular weight excluding hydrogens is 422 g/mol. The Morgan fingerprint density at radius 1 is 1.07 bits per heavy atom. The number of rotatable bonds is 3. The first kappa shape index (κ1) is 20.9. The van der Waals surface area contributed by atoms with Crippen LogP contribution in [0.5, 0.6) is 0 Å². The molecule has 2 fully saturated rings. The van der Waals surface area contributed by atoms with E-state index in [0.29, 0.717) is 32.6 Å². The molecule has 4 nitrogen and oxygen atoms in total. The SMILES string of the molecule is O=C1NCN(c2ccc(F)cc2)C12CCN(Cc1c(Cl)cccc1C(F)(F)F)CC2. The van der Waals surface area contributed by atoms with Crippen molar-refractivity contribution in [2.45, 2.75) is 31.1 Å². The molecule has 2 saturated heterocycles. The molecule has 9 heteroatoms. The minimum Gasteiger partial charge on any atom is -0.339 e. The van der Waals surface area contributed by atoms with Crippen molar-refractivity contribution in [3.05, 3.63) is 64.4 Å². The van der Waals surface area contributed by atoms with Gasteiger partial charge in [0.05, 0.1) is 12.2 Å². The number of carbonyl (C=O) groups is 1. The van der Waals surface area contributed by atoms with Crippen LogP contribution in [0.1, 0.15) is 24.0 Å². The maximum Gasteiger partial charge on any atom is 0.416 e. The molecule has 160 valence electrons. The van der Waals surface area contributed by atoms with Gasteiger partial charge in [-0.15, -0.1) is 0 Å². The molecule has 1 N–H and O–H groups in total. The van der Waals surface area contributed by atoms with E-state index in [1.807, 2.05) is 9.80 Å². The van der Waals surface area contributed by atoms with E-state index in [2.05, 4.69) is 5.32 Å². The van der Waals surface area contributed by atoms with Gasteiger partial charge in [0.15, 0.2) is 0 Å². The molecular formula is C21H20ClF4N3O. The smallest absolute Gasteiger partial charge is 0.339 e. The standard InChI is InChI=1S/C21H20ClF4N3O/c22-18-3-1-2-17(21(24,25)26)16(18)12-28-10-8-20(9-11-28)19(30)27-13-29(20)15-6-4-14(23)5-7-15/h1-7H,8-13H2,(H,27,30). The van der Waals surface area contributed by atoms with Crippen molar-refractivity contribution in [3.8, 4) is 0 Å². The Bertz CT molecular complexity index is 940. The molecule has 0 atom stereocenters. The van der Waals surface area contributed by atoms with Gasteiger partial charge in [-0.05, 0) is 54.8 Å². The summed E-state index contributed by atoms with van der Waals surface area (Å²) in [5.41, 5.74) is -0.744. The lowest BCUT2D eigenvalue weighted by Crippen LogP contribution is -2.56. The van der Waals surface area contributed by atoms with Crippen molar-refractivity contribution in [2.24, 2.45) is 0 Å². The molecule has 2 aromatic carbocycles. The quantitative estimate of drug-likeness (QED) is 0.716. The average Bonchev–Trinajstić information content (AvgIpc) is 3.01. The minimum absolute atomic E-state index is 0.0499. The highest BCUT2D eigenvalue weighted by atomic mass is 35.5. The van der Waals surface area contributed by atoms with E-state index >= 15 is 0 Å². The van der Waals surface area contributed by atoms with Crippen LogP contribution in [0.3, 0.4) is 0 Å². The van der Waals surface area contributed by atoms with Crippen molar-refractivity contribution in [2.75, 3.05) is 24.7 Å². The van der Waals surface area contributed by atoms with Gasteiger partial charge < -0.3 is 10.2 Å². The number of likely N-dealkylation sites (tertiary alicyclic amines) is 1. The Labute approximate surface area is 176 Å². The van der Waals surface area contributed by atoms with Crippen molar-refractivity contribution < 1.29 is 22.4 Å². The number of piperidine rings is 1. The zero-order chi connectivity index (χ0) is 21.5. The molecule has 2 aromatic rings. The van der Waals surface area contributed by atoms with Gasteiger partial charge in [0, 0.05) is 30.3 Å². The molecule has 0 bridgehead atoms. The number of halogens is 5. The maximum absolute atomic E-state index is 13.4. The van der Waals surface area contributed by atoms with Crippen molar-refractivity contribution in [1.82, 2.24) is 10.2 Å². The Balaban J connectivity index is 1.52. The first-order chi connectivity index (χ1) is 14.2. The highest BCUT2D eigenvalue weighted by Gasteiger charge is 2.50. The van der Waals surface area contributed by atoms with Gasteiger partial charge in [-0.2, -0.15) is 13.2 Å². The van der Waals surface area contributed by atoms with E-state index in [1.165, 1.54) is 24.3 Å². The number of hydrogen-bond acceptors (Lipinski definition) is 3. The molecule has 4 rings (SSSR count). The van der Waals surface area contributed by atoms with E-state index in [-0.39, 0.29) is 28.9 Å². The monoisotopic (exact) mass is 441 g/mol. The third kappa shape index (κ3) is 3.74. The molecule has 1 amide bonds. The molecule has 0 saturated carbocycles. The minimum atomic E-state index is -4.48. The van der Waals surface area contributed by atoms with Gasteiger partial charge in [-0.3, -0.25) is 9.69 Å². The average molecular weight is 442 g/mol. The summed E-state index contributed by atoms with van der Waals surface area (Å²) in [6.07, 6.45) is -3.59. The summed E-state index contributed by atoms with van der Waals surface area (Å²) in [5.74, 6) is -0.471. The molecule has 2 aliphatic rings. The van der Waals surface area contributed by atoms with Crippen LogP contribution in [0.2, 0.25) is 5.02 Å². The third-order valence-electron chi connectivity index (χ3n) is 5.96. The highest BCUT2D eigenvalue weighted by molar-refractivity contribution is 6.31. The van der Waals surface area contributed by atoms with Gasteiger partial charge >= 0.3 is 6.18 Å². The Kier molecular flexibility index (Phi) is 5.40. The fourth-order valence-corrected chi connectivity index (χ4v) is 4.57. The zero-order valence-corrected chi connectivity index (χ0v) is 16.7. The summed E-state index contributed by atoms with van der Waals surface area (Å²) in [5, 5.41) is 2.93. The third-order valence-corrected chi connectivity index (χ3v) is 6.32. The number of anilines is 1. The molecule has 0 aliphatic carbocycles.